The molecule has 0 aliphatic carbocycles. The van der Waals surface area contributed by atoms with E-state index in [1.54, 1.807) is 0 Å². The Balaban J connectivity index is 2.37. The van der Waals surface area contributed by atoms with Gasteiger partial charge in [0.25, 0.3) is 0 Å². The topological polar surface area (TPSA) is 53.1 Å². The van der Waals surface area contributed by atoms with Crippen molar-refractivity contribution in [1.82, 2.24) is 15.5 Å². The van der Waals surface area contributed by atoms with E-state index in [2.05, 4.69) is 59.9 Å². The molecule has 6 atom stereocenters. The Hall–Kier alpha value is 0.920. The Morgan fingerprint density at radius 1 is 1.26 bits per heavy atom. The Kier molecular flexibility index (Phi) is 11.0. The first-order valence-corrected chi connectivity index (χ1v) is 13.5. The zero-order chi connectivity index (χ0) is 17.4. The van der Waals surface area contributed by atoms with Gasteiger partial charge in [0.05, 0.1) is 0 Å². The standard InChI is InChI=1S/C17H38IN4S/c1-12(2)7-8-13(3)15(9-18-5)23-16-11-22(16)17(19)21-14(4)10-20-6/h12-17,20-21H,7-11,19H2,1-6H3/q-1/t13-,14+,15?,16-,17?,22?/m0/s1. The van der Waals surface area contributed by atoms with Crippen LogP contribution in [0.2, 0.25) is 0 Å². The van der Waals surface area contributed by atoms with Gasteiger partial charge in [-0.05, 0) is 0 Å². The Morgan fingerprint density at radius 3 is 2.52 bits per heavy atom. The van der Waals surface area contributed by atoms with Crippen molar-refractivity contribution in [2.45, 2.75) is 63.5 Å². The average Bonchev–Trinajstić information content (AvgIpc) is 3.24. The first-order valence-electron chi connectivity index (χ1n) is 8.90. The minimum atomic E-state index is -0.00112. The summed E-state index contributed by atoms with van der Waals surface area (Å²) >= 11 is 2.55. The molecule has 1 rings (SSSR count). The number of nitrogens with zero attached hydrogens (tertiary/aromatic N) is 1. The van der Waals surface area contributed by atoms with Crippen molar-refractivity contribution in [2.75, 3.05) is 29.5 Å². The van der Waals surface area contributed by atoms with Crippen molar-refractivity contribution in [3.63, 3.8) is 0 Å². The van der Waals surface area contributed by atoms with E-state index >= 15 is 0 Å². The van der Waals surface area contributed by atoms with Crippen LogP contribution in [0.3, 0.4) is 0 Å². The molecule has 0 bridgehead atoms. The number of thioether (sulfide) groups is 1. The van der Waals surface area contributed by atoms with Gasteiger partial charge in [0.15, 0.2) is 0 Å². The van der Waals surface area contributed by atoms with Crippen LogP contribution in [0.15, 0.2) is 0 Å². The van der Waals surface area contributed by atoms with Gasteiger partial charge in [-0.2, -0.15) is 0 Å². The van der Waals surface area contributed by atoms with Crippen LogP contribution < -0.4 is 37.6 Å². The fourth-order valence-electron chi connectivity index (χ4n) is 2.76. The van der Waals surface area contributed by atoms with Gasteiger partial charge in [-0.1, -0.05) is 0 Å². The fourth-order valence-corrected chi connectivity index (χ4v) is 7.39. The number of halogens is 1. The number of hydrogen-bond donors (Lipinski definition) is 3. The number of alkyl halides is 2. The molecule has 0 saturated carbocycles. The fraction of sp³-hybridized carbons (Fsp3) is 1.00. The summed E-state index contributed by atoms with van der Waals surface area (Å²) in [6.45, 7) is 11.4. The number of hydrogen-bond acceptors (Lipinski definition) is 5. The molecule has 4 N–H and O–H groups in total. The zero-order valence-corrected chi connectivity index (χ0v) is 18.8. The molecule has 1 aliphatic heterocycles. The van der Waals surface area contributed by atoms with Gasteiger partial charge in [-0.3, -0.25) is 0 Å². The molecule has 3 unspecified atom stereocenters. The maximum absolute atomic E-state index is 6.31. The van der Waals surface area contributed by atoms with Gasteiger partial charge in [-0.15, -0.1) is 0 Å². The van der Waals surface area contributed by atoms with E-state index in [4.69, 9.17) is 5.73 Å². The van der Waals surface area contributed by atoms with E-state index in [1.807, 2.05) is 7.05 Å². The van der Waals surface area contributed by atoms with Crippen molar-refractivity contribution in [3.8, 4) is 0 Å². The predicted octanol–water partition coefficient (Wildman–Crippen LogP) is -1.04. The summed E-state index contributed by atoms with van der Waals surface area (Å²) < 4.78 is 1.44. The molecular formula is C17H38IN4S-. The number of likely N-dealkylation sites (N-methyl/N-ethyl adjacent to an activating group) is 1. The van der Waals surface area contributed by atoms with Crippen molar-refractivity contribution in [3.05, 3.63) is 0 Å². The number of nitrogens with two attached hydrogens (primary N) is 1. The van der Waals surface area contributed by atoms with E-state index in [-0.39, 0.29) is 6.29 Å². The first-order chi connectivity index (χ1) is 10.9. The Morgan fingerprint density at radius 2 is 1.96 bits per heavy atom. The van der Waals surface area contributed by atoms with Crippen LogP contribution in [0, 0.1) is 11.8 Å². The zero-order valence-electron chi connectivity index (χ0n) is 15.8. The van der Waals surface area contributed by atoms with E-state index < -0.39 is 0 Å². The van der Waals surface area contributed by atoms with Crippen LogP contribution >= 0.6 is 11.8 Å². The molecule has 1 heterocycles. The van der Waals surface area contributed by atoms with Crippen molar-refractivity contribution in [1.29, 1.82) is 0 Å². The molecule has 4 nitrogen and oxygen atoms in total. The summed E-state index contributed by atoms with van der Waals surface area (Å²) in [6.07, 6.45) is 2.73. The monoisotopic (exact) mass is 457 g/mol. The Bertz CT molecular complexity index is 319. The van der Waals surface area contributed by atoms with Gasteiger partial charge in [0.2, 0.25) is 0 Å². The summed E-state index contributed by atoms with van der Waals surface area (Å²) in [6, 6.07) is 0.406. The summed E-state index contributed by atoms with van der Waals surface area (Å²) in [7, 11) is 1.98. The molecule has 0 aromatic heterocycles. The molecule has 0 aromatic carbocycles. The van der Waals surface area contributed by atoms with E-state index in [9.17, 15) is 0 Å². The quantitative estimate of drug-likeness (QED) is 0.143. The van der Waals surface area contributed by atoms with Gasteiger partial charge >= 0.3 is 159 Å². The molecule has 0 aromatic rings. The third kappa shape index (κ3) is 8.72. The second kappa shape index (κ2) is 11.5. The van der Waals surface area contributed by atoms with Gasteiger partial charge < -0.3 is 0 Å². The van der Waals surface area contributed by atoms with Crippen LogP contribution in [0.25, 0.3) is 0 Å². The molecule has 0 amide bonds. The van der Waals surface area contributed by atoms with Gasteiger partial charge in [0.1, 0.15) is 0 Å². The molecule has 6 heteroatoms. The van der Waals surface area contributed by atoms with Crippen molar-refractivity contribution >= 4 is 11.8 Å². The normalized spacial score (nSPS) is 26.3. The van der Waals surface area contributed by atoms with Crippen LogP contribution in [0.1, 0.15) is 40.5 Å². The molecule has 0 radical (unpaired) electrons. The molecule has 1 fully saturated rings. The third-order valence-corrected chi connectivity index (χ3v) is 8.54. The molecular weight excluding hydrogens is 419 g/mol. The van der Waals surface area contributed by atoms with E-state index in [0.717, 1.165) is 30.2 Å². The molecule has 1 saturated heterocycles. The maximum atomic E-state index is 6.31. The second-order valence-corrected chi connectivity index (χ2v) is 11.1. The third-order valence-electron chi connectivity index (χ3n) is 4.40. The molecule has 0 spiro atoms. The van der Waals surface area contributed by atoms with E-state index in [1.165, 1.54) is 17.3 Å². The van der Waals surface area contributed by atoms with Gasteiger partial charge in [-0.25, -0.2) is 0 Å². The first kappa shape index (κ1) is 22.0. The van der Waals surface area contributed by atoms with Crippen LogP contribution in [-0.4, -0.2) is 57.4 Å². The van der Waals surface area contributed by atoms with Crippen molar-refractivity contribution < 1.29 is 21.2 Å². The Labute approximate surface area is 158 Å². The summed E-state index contributed by atoms with van der Waals surface area (Å²) in [5, 5.41) is 8.12. The van der Waals surface area contributed by atoms with Crippen LogP contribution in [0.4, 0.5) is 0 Å². The average molecular weight is 457 g/mol. The summed E-state index contributed by atoms with van der Waals surface area (Å²) in [5.74, 6) is 1.65. The summed E-state index contributed by atoms with van der Waals surface area (Å²) in [4.78, 5) is 4.81. The van der Waals surface area contributed by atoms with Crippen LogP contribution in [-0.2, 0) is 0 Å². The molecule has 23 heavy (non-hydrogen) atoms. The predicted molar refractivity (Wildman–Crippen MR) is 100 cm³/mol. The SMILES string of the molecule is CNC[C@@H](C)NC(N)N1C[C@@H]1SC(C[I-]C)[C@@H](C)CCC(C)C. The minimum absolute atomic E-state index is 0.00112. The second-order valence-electron chi connectivity index (χ2n) is 7.27. The molecule has 140 valence electrons. The van der Waals surface area contributed by atoms with Crippen LogP contribution in [0.5, 0.6) is 0 Å². The van der Waals surface area contributed by atoms with Gasteiger partial charge in [0, 0.05) is 0 Å². The molecule has 1 aliphatic rings. The van der Waals surface area contributed by atoms with E-state index in [0.29, 0.717) is 32.6 Å². The summed E-state index contributed by atoms with van der Waals surface area (Å²) in [5.41, 5.74) is 6.31. The number of nitrogens with one attached hydrogen (secondary N) is 2. The van der Waals surface area contributed by atoms with Crippen molar-refractivity contribution in [2.24, 2.45) is 17.6 Å². The number of rotatable bonds is 13.